The quantitative estimate of drug-likeness (QED) is 0.206. The number of fused-ring (bicyclic) bond motifs is 1. The van der Waals surface area contributed by atoms with Crippen LogP contribution in [-0.4, -0.2) is 84.3 Å². The van der Waals surface area contributed by atoms with E-state index in [-0.39, 0.29) is 37.9 Å². The normalized spacial score (nSPS) is 25.1. The van der Waals surface area contributed by atoms with Crippen LogP contribution in [0, 0.1) is 11.8 Å². The first-order valence-corrected chi connectivity index (χ1v) is 16.5. The monoisotopic (exact) mass is 659 g/mol. The van der Waals surface area contributed by atoms with E-state index < -0.39 is 53.6 Å². The molecule has 5 rings (SSSR count). The lowest BCUT2D eigenvalue weighted by Crippen LogP contribution is -2.59. The Morgan fingerprint density at radius 3 is 2.50 bits per heavy atom. The van der Waals surface area contributed by atoms with Gasteiger partial charge in [0.15, 0.2) is 0 Å². The van der Waals surface area contributed by atoms with E-state index in [2.05, 4.69) is 18.5 Å². The topological polar surface area (TPSA) is 135 Å². The van der Waals surface area contributed by atoms with Crippen molar-refractivity contribution in [3.63, 3.8) is 0 Å². The molecule has 3 fully saturated rings. The lowest BCUT2D eigenvalue weighted by Gasteiger charge is -2.39. The minimum Gasteiger partial charge on any atom is -0.497 e. The van der Waals surface area contributed by atoms with Crippen LogP contribution >= 0.6 is 0 Å². The summed E-state index contributed by atoms with van der Waals surface area (Å²) in [6, 6.07) is 14.3. The second-order valence-electron chi connectivity index (χ2n) is 12.4. The number of benzene rings is 2. The molecule has 2 bridgehead atoms. The number of nitrogens with one attached hydrogen (secondary N) is 1. The van der Waals surface area contributed by atoms with Gasteiger partial charge in [-0.25, -0.2) is 0 Å². The Balaban J connectivity index is 1.47. The maximum absolute atomic E-state index is 14.7. The summed E-state index contributed by atoms with van der Waals surface area (Å²) in [6.45, 7) is 9.18. The van der Waals surface area contributed by atoms with Crippen molar-refractivity contribution in [3.8, 4) is 5.75 Å². The summed E-state index contributed by atoms with van der Waals surface area (Å²) in [7, 11) is 1.56. The summed E-state index contributed by atoms with van der Waals surface area (Å²) in [5.74, 6) is -2.97. The van der Waals surface area contributed by atoms with Crippen LogP contribution < -0.4 is 15.0 Å². The van der Waals surface area contributed by atoms with Crippen LogP contribution in [0.15, 0.2) is 79.9 Å². The van der Waals surface area contributed by atoms with E-state index in [1.165, 1.54) is 4.90 Å². The second-order valence-corrected chi connectivity index (χ2v) is 12.4. The number of methoxy groups -OCH3 is 1. The molecule has 48 heavy (non-hydrogen) atoms. The van der Waals surface area contributed by atoms with Crippen molar-refractivity contribution >= 4 is 29.4 Å². The minimum absolute atomic E-state index is 0.0434. The van der Waals surface area contributed by atoms with Gasteiger partial charge in [-0.05, 0) is 55.5 Å². The lowest BCUT2D eigenvalue weighted by molar-refractivity contribution is -0.161. The highest BCUT2D eigenvalue weighted by atomic mass is 16.6. The summed E-state index contributed by atoms with van der Waals surface area (Å²) in [6.07, 6.45) is 3.82. The lowest BCUT2D eigenvalue weighted by atomic mass is 9.70. The summed E-state index contributed by atoms with van der Waals surface area (Å²) < 4.78 is 18.0. The molecule has 0 aromatic heterocycles. The van der Waals surface area contributed by atoms with Gasteiger partial charge in [0, 0.05) is 18.7 Å². The average molecular weight is 660 g/mol. The highest BCUT2D eigenvalue weighted by Gasteiger charge is 2.75. The number of ether oxygens (including phenoxy) is 3. The van der Waals surface area contributed by atoms with Crippen LogP contribution in [0.3, 0.4) is 0 Å². The molecule has 3 heterocycles. The van der Waals surface area contributed by atoms with E-state index in [0.717, 1.165) is 0 Å². The van der Waals surface area contributed by atoms with Gasteiger partial charge in [0.05, 0.1) is 44.2 Å². The van der Waals surface area contributed by atoms with Gasteiger partial charge < -0.3 is 34.4 Å². The molecular weight excluding hydrogens is 614 g/mol. The molecular formula is C37H45N3O8. The van der Waals surface area contributed by atoms with Gasteiger partial charge in [0.2, 0.25) is 11.8 Å². The van der Waals surface area contributed by atoms with Gasteiger partial charge in [0.25, 0.3) is 5.91 Å². The molecule has 3 aliphatic heterocycles. The number of carbonyl (C=O) groups is 4. The fraction of sp³-hybridized carbons (Fsp3) is 0.459. The Hall–Kier alpha value is -4.48. The van der Waals surface area contributed by atoms with E-state index in [4.69, 9.17) is 14.2 Å². The zero-order chi connectivity index (χ0) is 34.4. The molecule has 11 nitrogen and oxygen atoms in total. The molecule has 7 atom stereocenters. The summed E-state index contributed by atoms with van der Waals surface area (Å²) in [4.78, 5) is 58.8. The number of aliphatic hydroxyl groups is 1. The molecule has 0 saturated carbocycles. The fourth-order valence-corrected chi connectivity index (χ4v) is 7.45. The van der Waals surface area contributed by atoms with Gasteiger partial charge in [0.1, 0.15) is 23.5 Å². The highest BCUT2D eigenvalue weighted by molar-refractivity contribution is 6.05. The van der Waals surface area contributed by atoms with Gasteiger partial charge in [-0.15, -0.1) is 13.2 Å². The van der Waals surface area contributed by atoms with Crippen molar-refractivity contribution in [2.45, 2.75) is 68.9 Å². The zero-order valence-electron chi connectivity index (χ0n) is 27.6. The second kappa shape index (κ2) is 15.2. The van der Waals surface area contributed by atoms with Crippen molar-refractivity contribution in [1.29, 1.82) is 0 Å². The molecule has 0 radical (unpaired) electrons. The van der Waals surface area contributed by atoms with Gasteiger partial charge in [-0.1, -0.05) is 49.4 Å². The Bertz CT molecular complexity index is 1490. The van der Waals surface area contributed by atoms with Crippen LogP contribution in [0.5, 0.6) is 5.75 Å². The van der Waals surface area contributed by atoms with E-state index in [1.54, 1.807) is 48.4 Å². The average Bonchev–Trinajstić information content (AvgIpc) is 3.76. The van der Waals surface area contributed by atoms with Crippen LogP contribution in [0.25, 0.3) is 0 Å². The van der Waals surface area contributed by atoms with Crippen molar-refractivity contribution in [2.24, 2.45) is 11.8 Å². The summed E-state index contributed by atoms with van der Waals surface area (Å²) in [5, 5.41) is 13.2. The van der Waals surface area contributed by atoms with Crippen molar-refractivity contribution in [2.75, 3.05) is 31.7 Å². The van der Waals surface area contributed by atoms with Crippen LogP contribution in [0.2, 0.25) is 0 Å². The predicted molar refractivity (Wildman–Crippen MR) is 179 cm³/mol. The predicted octanol–water partition coefficient (Wildman–Crippen LogP) is 3.73. The Labute approximate surface area is 281 Å². The van der Waals surface area contributed by atoms with Gasteiger partial charge in [-0.3, -0.25) is 19.2 Å². The minimum atomic E-state index is -1.29. The van der Waals surface area contributed by atoms with Gasteiger partial charge >= 0.3 is 5.97 Å². The first kappa shape index (κ1) is 34.8. The molecule has 3 amide bonds. The van der Waals surface area contributed by atoms with E-state index in [9.17, 15) is 24.3 Å². The molecule has 1 spiro atoms. The van der Waals surface area contributed by atoms with Gasteiger partial charge in [-0.2, -0.15) is 0 Å². The largest absolute Gasteiger partial charge is 0.497 e. The number of anilines is 1. The van der Waals surface area contributed by atoms with Crippen molar-refractivity contribution in [3.05, 3.63) is 85.5 Å². The number of amides is 3. The Morgan fingerprint density at radius 1 is 1.15 bits per heavy atom. The number of aliphatic hydroxyl groups excluding tert-OH is 1. The van der Waals surface area contributed by atoms with Crippen molar-refractivity contribution < 1.29 is 38.5 Å². The number of carbonyl (C=O) groups excluding carboxylic acids is 4. The summed E-state index contributed by atoms with van der Waals surface area (Å²) >= 11 is 0. The molecule has 2 aromatic carbocycles. The number of esters is 1. The van der Waals surface area contributed by atoms with Crippen LogP contribution in [-0.2, 0) is 28.7 Å². The van der Waals surface area contributed by atoms with Crippen LogP contribution in [0.1, 0.15) is 50.7 Å². The van der Waals surface area contributed by atoms with E-state index in [1.807, 2.05) is 37.3 Å². The molecule has 0 aliphatic carbocycles. The molecule has 256 valence electrons. The first-order valence-electron chi connectivity index (χ1n) is 16.5. The van der Waals surface area contributed by atoms with E-state index in [0.29, 0.717) is 42.7 Å². The molecule has 3 aliphatic rings. The first-order chi connectivity index (χ1) is 23.2. The third-order valence-corrected chi connectivity index (χ3v) is 9.77. The smallest absolute Gasteiger partial charge is 0.313 e. The number of allylic oxidation sites excluding steroid dienone is 1. The fourth-order valence-electron chi connectivity index (χ4n) is 7.45. The summed E-state index contributed by atoms with van der Waals surface area (Å²) in [5.41, 5.74) is -0.0284. The third-order valence-electron chi connectivity index (χ3n) is 9.77. The molecule has 3 saturated heterocycles. The number of hydrogen-bond donors (Lipinski definition) is 2. The third kappa shape index (κ3) is 6.49. The van der Waals surface area contributed by atoms with Crippen molar-refractivity contribution in [1.82, 2.24) is 10.2 Å². The standard InChI is InChI=1S/C37H45N3O8/c1-5-8-14-30(42)38-22-29(24-12-10-9-11-13-24)47-36(45)31-28-19-20-37(48-28)32(31)34(43)40(25(7-3)23-41)33(37)35(44)39(21-6-2)26-15-17-27(46-4)18-16-26/h5-6,9-13,15-18,25,28-29,31-33,41H,1-2,7-8,14,19-23H2,3-4H3,(H,38,42)/t25-,28-,29-,31+,32+,33-,37+/m0/s1. The Morgan fingerprint density at radius 2 is 1.88 bits per heavy atom. The maximum atomic E-state index is 14.7. The number of likely N-dealkylation sites (tertiary alicyclic amines) is 1. The van der Waals surface area contributed by atoms with Crippen LogP contribution in [0.4, 0.5) is 5.69 Å². The van der Waals surface area contributed by atoms with E-state index >= 15 is 0 Å². The zero-order valence-corrected chi connectivity index (χ0v) is 27.6. The maximum Gasteiger partial charge on any atom is 0.313 e. The molecule has 2 N–H and O–H groups in total. The number of nitrogens with zero attached hydrogens (tertiary/aromatic N) is 2. The molecule has 11 heteroatoms. The SMILES string of the molecule is C=CCCC(=O)NC[C@H](OC(=O)[C@@H]1[C@@H]2CC[C@]3(O2)[C@H](C(=O)N(CC=C)c2ccc(OC)cc2)N([C@@H](CC)CO)C(=O)[C@@H]13)c1ccccc1. The molecule has 2 aromatic rings. The molecule has 0 unspecified atom stereocenters. The number of hydrogen-bond acceptors (Lipinski definition) is 8. The Kier molecular flexibility index (Phi) is 11.0. The highest BCUT2D eigenvalue weighted by Crippen LogP contribution is 2.59. The number of rotatable bonds is 16.